The molecule has 1 saturated heterocycles. The Hall–Kier alpha value is -4.85. The summed E-state index contributed by atoms with van der Waals surface area (Å²) in [5.41, 5.74) is 3.65. The highest BCUT2D eigenvalue weighted by Gasteiger charge is 2.46. The summed E-state index contributed by atoms with van der Waals surface area (Å²) in [6.45, 7) is 0.0647. The number of H-pyrrole nitrogens is 1. The van der Waals surface area contributed by atoms with Gasteiger partial charge in [0.25, 0.3) is 11.7 Å². The van der Waals surface area contributed by atoms with Crippen molar-refractivity contribution in [2.45, 2.75) is 12.6 Å². The van der Waals surface area contributed by atoms with E-state index in [9.17, 15) is 24.6 Å². The van der Waals surface area contributed by atoms with E-state index in [1.165, 1.54) is 17.0 Å². The number of para-hydroxylation sites is 1. The number of aromatic amines is 1. The average Bonchev–Trinajstić information content (AvgIpc) is 3.43. The highest BCUT2D eigenvalue weighted by Crippen LogP contribution is 2.41. The number of fused-ring (bicyclic) bond motifs is 1. The van der Waals surface area contributed by atoms with Crippen molar-refractivity contribution in [2.24, 2.45) is 0 Å². The van der Waals surface area contributed by atoms with Gasteiger partial charge in [-0.2, -0.15) is 0 Å². The minimum Gasteiger partial charge on any atom is -0.507 e. The molecule has 1 aliphatic rings. The number of aromatic nitrogens is 1. The number of amides is 1. The van der Waals surface area contributed by atoms with Gasteiger partial charge in [-0.1, -0.05) is 42.5 Å². The van der Waals surface area contributed by atoms with Crippen molar-refractivity contribution < 1.29 is 24.6 Å². The van der Waals surface area contributed by atoms with Gasteiger partial charge in [0, 0.05) is 49.0 Å². The van der Waals surface area contributed by atoms with Crippen LogP contribution in [0.4, 0.5) is 5.69 Å². The maximum Gasteiger partial charge on any atom is 0.335 e. The quantitative estimate of drug-likeness (QED) is 0.205. The summed E-state index contributed by atoms with van der Waals surface area (Å²) >= 11 is 0. The number of rotatable bonds is 6. The lowest BCUT2D eigenvalue weighted by Crippen LogP contribution is -2.29. The molecule has 0 bridgehead atoms. The van der Waals surface area contributed by atoms with Crippen LogP contribution in [0.25, 0.3) is 16.7 Å². The molecule has 1 amide bonds. The third-order valence-corrected chi connectivity index (χ3v) is 6.66. The van der Waals surface area contributed by atoms with Crippen LogP contribution in [0.5, 0.6) is 0 Å². The predicted octanol–water partition coefficient (Wildman–Crippen LogP) is 4.55. The summed E-state index contributed by atoms with van der Waals surface area (Å²) < 4.78 is 0. The lowest BCUT2D eigenvalue weighted by atomic mass is 9.94. The summed E-state index contributed by atoms with van der Waals surface area (Å²) in [6.07, 6.45) is 1.63. The molecule has 0 spiro atoms. The normalized spacial score (nSPS) is 16.9. The Morgan fingerprint density at radius 1 is 0.946 bits per heavy atom. The Labute approximate surface area is 213 Å². The fourth-order valence-corrected chi connectivity index (χ4v) is 4.71. The number of aliphatic hydroxyl groups is 1. The summed E-state index contributed by atoms with van der Waals surface area (Å²) in [4.78, 5) is 44.4. The monoisotopic (exact) mass is 495 g/mol. The molecule has 5 rings (SSSR count). The van der Waals surface area contributed by atoms with Crippen LogP contribution in [0.1, 0.15) is 33.1 Å². The third kappa shape index (κ3) is 4.23. The molecule has 1 aliphatic heterocycles. The second-order valence-corrected chi connectivity index (χ2v) is 9.16. The van der Waals surface area contributed by atoms with Gasteiger partial charge < -0.3 is 25.0 Å². The van der Waals surface area contributed by atoms with E-state index in [0.29, 0.717) is 16.7 Å². The molecule has 3 N–H and O–H groups in total. The van der Waals surface area contributed by atoms with E-state index in [0.717, 1.165) is 16.6 Å². The fraction of sp³-hybridized carbons (Fsp3) is 0.138. The second kappa shape index (κ2) is 9.31. The fourth-order valence-electron chi connectivity index (χ4n) is 4.71. The number of likely N-dealkylation sites (tertiary alicyclic amines) is 1. The first-order valence-electron chi connectivity index (χ1n) is 11.7. The van der Waals surface area contributed by atoms with Crippen molar-refractivity contribution in [3.63, 3.8) is 0 Å². The smallest absolute Gasteiger partial charge is 0.335 e. The van der Waals surface area contributed by atoms with Gasteiger partial charge in [0.1, 0.15) is 5.76 Å². The first-order chi connectivity index (χ1) is 17.8. The van der Waals surface area contributed by atoms with E-state index >= 15 is 0 Å². The number of carbonyl (C=O) groups excluding carboxylic acids is 2. The number of hydrogen-bond donors (Lipinski definition) is 3. The molecule has 0 aliphatic carbocycles. The van der Waals surface area contributed by atoms with E-state index in [1.807, 2.05) is 67.5 Å². The number of nitrogens with one attached hydrogen (secondary N) is 1. The molecule has 2 heterocycles. The van der Waals surface area contributed by atoms with Crippen molar-refractivity contribution in [2.75, 3.05) is 19.0 Å². The SMILES string of the molecule is CN(C)c1ccc(C2/C(=C(/O)c3c[nH]c4ccccc34)C(=O)C(=O)N2Cc2ccc(C(=O)O)cc2)cc1. The van der Waals surface area contributed by atoms with Crippen LogP contribution < -0.4 is 4.90 Å². The molecule has 0 radical (unpaired) electrons. The molecular formula is C29H25N3O5. The Balaban J connectivity index is 1.64. The highest BCUT2D eigenvalue weighted by molar-refractivity contribution is 6.46. The summed E-state index contributed by atoms with van der Waals surface area (Å²) in [6, 6.07) is 20.2. The number of Topliss-reactive ketones (excluding diaryl/α,β-unsaturated/α-hetero) is 1. The maximum absolute atomic E-state index is 13.4. The van der Waals surface area contributed by atoms with Crippen LogP contribution in [0, 0.1) is 0 Å². The number of nitrogens with zero attached hydrogens (tertiary/aromatic N) is 2. The number of carboxylic acid groups (broad SMARTS) is 1. The average molecular weight is 496 g/mol. The lowest BCUT2D eigenvalue weighted by molar-refractivity contribution is -0.140. The van der Waals surface area contributed by atoms with Gasteiger partial charge in [-0.05, 0) is 41.5 Å². The van der Waals surface area contributed by atoms with Crippen LogP contribution in [0.15, 0.2) is 84.6 Å². The number of anilines is 1. The van der Waals surface area contributed by atoms with E-state index in [4.69, 9.17) is 0 Å². The number of carbonyl (C=O) groups is 3. The topological polar surface area (TPSA) is 114 Å². The Morgan fingerprint density at radius 3 is 2.27 bits per heavy atom. The van der Waals surface area contributed by atoms with E-state index in [2.05, 4.69) is 4.98 Å². The van der Waals surface area contributed by atoms with Crippen molar-refractivity contribution in [3.05, 3.63) is 107 Å². The zero-order valence-electron chi connectivity index (χ0n) is 20.3. The first-order valence-corrected chi connectivity index (χ1v) is 11.7. The lowest BCUT2D eigenvalue weighted by Gasteiger charge is -2.26. The van der Waals surface area contributed by atoms with E-state index in [-0.39, 0.29) is 23.4 Å². The zero-order valence-corrected chi connectivity index (χ0v) is 20.3. The van der Waals surface area contributed by atoms with Gasteiger partial charge in [-0.15, -0.1) is 0 Å². The third-order valence-electron chi connectivity index (χ3n) is 6.66. The van der Waals surface area contributed by atoms with Gasteiger partial charge in [-0.3, -0.25) is 9.59 Å². The van der Waals surface area contributed by atoms with Crippen LogP contribution >= 0.6 is 0 Å². The Bertz CT molecular complexity index is 1550. The Morgan fingerprint density at radius 2 is 1.62 bits per heavy atom. The molecule has 37 heavy (non-hydrogen) atoms. The first kappa shape index (κ1) is 23.9. The molecule has 1 atom stereocenters. The molecule has 8 heteroatoms. The molecule has 186 valence electrons. The van der Waals surface area contributed by atoms with Crippen molar-refractivity contribution >= 4 is 40.0 Å². The molecule has 4 aromatic rings. The van der Waals surface area contributed by atoms with Crippen molar-refractivity contribution in [3.8, 4) is 0 Å². The minimum atomic E-state index is -1.05. The second-order valence-electron chi connectivity index (χ2n) is 9.16. The summed E-state index contributed by atoms with van der Waals surface area (Å²) in [5, 5.41) is 21.4. The van der Waals surface area contributed by atoms with Gasteiger partial charge in [-0.25, -0.2) is 4.79 Å². The number of ketones is 1. The van der Waals surface area contributed by atoms with E-state index in [1.54, 1.807) is 18.3 Å². The largest absolute Gasteiger partial charge is 0.507 e. The van der Waals surface area contributed by atoms with Gasteiger partial charge in [0.15, 0.2) is 0 Å². The molecule has 3 aromatic carbocycles. The number of benzene rings is 3. The van der Waals surface area contributed by atoms with Crippen LogP contribution in [0.3, 0.4) is 0 Å². The molecule has 8 nitrogen and oxygen atoms in total. The molecule has 0 saturated carbocycles. The van der Waals surface area contributed by atoms with Crippen molar-refractivity contribution in [1.82, 2.24) is 9.88 Å². The number of carboxylic acids is 1. The molecule has 1 aromatic heterocycles. The van der Waals surface area contributed by atoms with Gasteiger partial charge in [0.05, 0.1) is 17.2 Å². The summed E-state index contributed by atoms with van der Waals surface area (Å²) in [7, 11) is 3.83. The standard InChI is InChI=1S/C29H25N3O5/c1-31(2)20-13-11-18(12-14-20)25-24(26(33)22-15-30-23-6-4-3-5-21(22)23)27(34)28(35)32(25)16-17-7-9-19(10-8-17)29(36)37/h3-15,25,30,33H,16H2,1-2H3,(H,36,37)/b26-24-. The molecule has 1 unspecified atom stereocenters. The van der Waals surface area contributed by atoms with E-state index < -0.39 is 23.7 Å². The molecule has 1 fully saturated rings. The van der Waals surface area contributed by atoms with Gasteiger partial charge >= 0.3 is 5.97 Å². The Kier molecular flexibility index (Phi) is 6.01. The number of aliphatic hydroxyl groups excluding tert-OH is 1. The maximum atomic E-state index is 13.4. The minimum absolute atomic E-state index is 0.00881. The van der Waals surface area contributed by atoms with Crippen LogP contribution in [-0.4, -0.2) is 51.9 Å². The number of aromatic carboxylic acids is 1. The van der Waals surface area contributed by atoms with Crippen LogP contribution in [-0.2, 0) is 16.1 Å². The zero-order chi connectivity index (χ0) is 26.3. The highest BCUT2D eigenvalue weighted by atomic mass is 16.4. The number of hydrogen-bond acceptors (Lipinski definition) is 5. The molecular weight excluding hydrogens is 470 g/mol. The van der Waals surface area contributed by atoms with Gasteiger partial charge in [0.2, 0.25) is 0 Å². The van der Waals surface area contributed by atoms with Crippen LogP contribution in [0.2, 0.25) is 0 Å². The predicted molar refractivity (Wildman–Crippen MR) is 140 cm³/mol. The summed E-state index contributed by atoms with van der Waals surface area (Å²) in [5.74, 6) is -2.80. The van der Waals surface area contributed by atoms with Crippen molar-refractivity contribution in [1.29, 1.82) is 0 Å².